The smallest absolute Gasteiger partial charge is 0.173 e. The minimum atomic E-state index is 0.426. The van der Waals surface area contributed by atoms with Crippen LogP contribution in [0.2, 0.25) is 5.02 Å². The Labute approximate surface area is 172 Å². The van der Waals surface area contributed by atoms with E-state index in [1.807, 2.05) is 36.4 Å². The molecule has 0 aromatic heterocycles. The van der Waals surface area contributed by atoms with Crippen molar-refractivity contribution in [3.63, 3.8) is 0 Å². The van der Waals surface area contributed by atoms with E-state index in [-0.39, 0.29) is 0 Å². The van der Waals surface area contributed by atoms with Gasteiger partial charge in [0.25, 0.3) is 0 Å². The van der Waals surface area contributed by atoms with Crippen LogP contribution in [0.15, 0.2) is 48.5 Å². The van der Waals surface area contributed by atoms with Crippen molar-refractivity contribution in [2.45, 2.75) is 25.4 Å². The predicted molar refractivity (Wildman–Crippen MR) is 117 cm³/mol. The van der Waals surface area contributed by atoms with Crippen LogP contribution < -0.4 is 10.1 Å². The largest absolute Gasteiger partial charge is 0.497 e. The van der Waals surface area contributed by atoms with Crippen LogP contribution in [0.4, 0.5) is 5.69 Å². The van der Waals surface area contributed by atoms with Gasteiger partial charge in [-0.05, 0) is 87.2 Å². The maximum absolute atomic E-state index is 5.99. The molecular weight excluding hydrogens is 378 g/mol. The fourth-order valence-corrected chi connectivity index (χ4v) is 3.79. The second-order valence-corrected chi connectivity index (χ2v) is 7.77. The number of anilines is 1. The van der Waals surface area contributed by atoms with E-state index in [2.05, 4.69) is 34.3 Å². The molecule has 1 heterocycles. The van der Waals surface area contributed by atoms with E-state index in [0.29, 0.717) is 6.04 Å². The van der Waals surface area contributed by atoms with Crippen LogP contribution in [0.25, 0.3) is 0 Å². The van der Waals surface area contributed by atoms with Gasteiger partial charge in [-0.2, -0.15) is 0 Å². The fourth-order valence-electron chi connectivity index (χ4n) is 3.33. The van der Waals surface area contributed by atoms with Gasteiger partial charge in [0.15, 0.2) is 5.11 Å². The summed E-state index contributed by atoms with van der Waals surface area (Å²) >= 11 is 11.8. The second-order valence-electron chi connectivity index (χ2n) is 6.95. The molecule has 0 bridgehead atoms. The Bertz CT molecular complexity index is 743. The molecule has 1 N–H and O–H groups in total. The molecule has 0 spiro atoms. The van der Waals surface area contributed by atoms with Crippen molar-refractivity contribution >= 4 is 34.6 Å². The first-order valence-electron chi connectivity index (χ1n) is 9.20. The molecule has 0 saturated carbocycles. The van der Waals surface area contributed by atoms with Gasteiger partial charge < -0.3 is 19.9 Å². The zero-order chi connectivity index (χ0) is 19.2. The average Bonchev–Trinajstić information content (AvgIpc) is 2.69. The minimum Gasteiger partial charge on any atom is -0.497 e. The van der Waals surface area contributed by atoms with Crippen molar-refractivity contribution in [3.8, 4) is 5.75 Å². The Balaban J connectivity index is 1.75. The third kappa shape index (κ3) is 5.58. The molecular formula is C21H26ClN3OS. The van der Waals surface area contributed by atoms with E-state index in [1.54, 1.807) is 7.11 Å². The lowest BCUT2D eigenvalue weighted by molar-refractivity contribution is 0.173. The van der Waals surface area contributed by atoms with Crippen LogP contribution in [-0.4, -0.2) is 48.2 Å². The molecule has 144 valence electrons. The zero-order valence-electron chi connectivity index (χ0n) is 15.8. The first-order chi connectivity index (χ1) is 13.0. The molecule has 1 aliphatic heterocycles. The van der Waals surface area contributed by atoms with Crippen molar-refractivity contribution < 1.29 is 4.74 Å². The number of hydrogen-bond acceptors (Lipinski definition) is 3. The minimum absolute atomic E-state index is 0.426. The summed E-state index contributed by atoms with van der Waals surface area (Å²) in [5.74, 6) is 0.867. The maximum atomic E-state index is 5.99. The fraction of sp³-hybridized carbons (Fsp3) is 0.381. The first-order valence-corrected chi connectivity index (χ1v) is 9.98. The van der Waals surface area contributed by atoms with Crippen LogP contribution in [0.3, 0.4) is 0 Å². The SMILES string of the molecule is COc1ccc(CN(C(=S)Nc2ccc(Cl)cc2)C2CCN(C)CC2)cc1. The van der Waals surface area contributed by atoms with E-state index in [0.717, 1.165) is 54.0 Å². The third-order valence-corrected chi connectivity index (χ3v) is 5.59. The zero-order valence-corrected chi connectivity index (χ0v) is 17.4. The summed E-state index contributed by atoms with van der Waals surface area (Å²) in [4.78, 5) is 4.69. The average molecular weight is 404 g/mol. The van der Waals surface area contributed by atoms with E-state index >= 15 is 0 Å². The summed E-state index contributed by atoms with van der Waals surface area (Å²) in [6, 6.07) is 16.3. The van der Waals surface area contributed by atoms with Gasteiger partial charge in [0, 0.05) is 23.3 Å². The molecule has 0 amide bonds. The maximum Gasteiger partial charge on any atom is 0.173 e. The summed E-state index contributed by atoms with van der Waals surface area (Å²) in [5, 5.41) is 4.85. The van der Waals surface area contributed by atoms with Crippen molar-refractivity contribution in [1.82, 2.24) is 9.80 Å². The molecule has 6 heteroatoms. The Morgan fingerprint density at radius 3 is 2.37 bits per heavy atom. The van der Waals surface area contributed by atoms with Crippen molar-refractivity contribution in [1.29, 1.82) is 0 Å². The number of hydrogen-bond donors (Lipinski definition) is 1. The summed E-state index contributed by atoms with van der Waals surface area (Å²) in [7, 11) is 3.86. The van der Waals surface area contributed by atoms with Gasteiger partial charge in [0.1, 0.15) is 5.75 Å². The van der Waals surface area contributed by atoms with Gasteiger partial charge >= 0.3 is 0 Å². The highest BCUT2D eigenvalue weighted by Gasteiger charge is 2.25. The van der Waals surface area contributed by atoms with Crippen LogP contribution in [-0.2, 0) is 6.54 Å². The Kier molecular flexibility index (Phi) is 6.94. The number of nitrogens with one attached hydrogen (secondary N) is 1. The number of halogens is 1. The number of rotatable bonds is 5. The molecule has 1 saturated heterocycles. The molecule has 3 rings (SSSR count). The number of methoxy groups -OCH3 is 1. The number of likely N-dealkylation sites (tertiary alicyclic amines) is 1. The van der Waals surface area contributed by atoms with Crippen LogP contribution in [0.5, 0.6) is 5.75 Å². The van der Waals surface area contributed by atoms with Gasteiger partial charge in [-0.15, -0.1) is 0 Å². The number of nitrogens with zero attached hydrogens (tertiary/aromatic N) is 2. The molecule has 2 aromatic rings. The Morgan fingerprint density at radius 2 is 1.78 bits per heavy atom. The number of piperidine rings is 1. The molecule has 27 heavy (non-hydrogen) atoms. The van der Waals surface area contributed by atoms with Gasteiger partial charge in [-0.3, -0.25) is 0 Å². The van der Waals surface area contributed by atoms with E-state index in [4.69, 9.17) is 28.6 Å². The number of thiocarbonyl (C=S) groups is 1. The lowest BCUT2D eigenvalue weighted by Crippen LogP contribution is -2.47. The summed E-state index contributed by atoms with van der Waals surface area (Å²) in [6.45, 7) is 2.96. The van der Waals surface area contributed by atoms with Crippen LogP contribution >= 0.6 is 23.8 Å². The highest BCUT2D eigenvalue weighted by molar-refractivity contribution is 7.80. The Morgan fingerprint density at radius 1 is 1.15 bits per heavy atom. The third-order valence-electron chi connectivity index (χ3n) is 5.00. The van der Waals surface area contributed by atoms with E-state index in [9.17, 15) is 0 Å². The lowest BCUT2D eigenvalue weighted by atomic mass is 10.0. The van der Waals surface area contributed by atoms with Gasteiger partial charge in [-0.25, -0.2) is 0 Å². The van der Waals surface area contributed by atoms with Gasteiger partial charge in [0.2, 0.25) is 0 Å². The summed E-state index contributed by atoms with van der Waals surface area (Å²) in [5.41, 5.74) is 2.17. The molecule has 1 aliphatic rings. The normalized spacial score (nSPS) is 15.4. The lowest BCUT2D eigenvalue weighted by Gasteiger charge is -2.39. The van der Waals surface area contributed by atoms with E-state index in [1.165, 1.54) is 5.56 Å². The topological polar surface area (TPSA) is 27.7 Å². The van der Waals surface area contributed by atoms with E-state index < -0.39 is 0 Å². The highest BCUT2D eigenvalue weighted by atomic mass is 35.5. The molecule has 1 fully saturated rings. The predicted octanol–water partition coefficient (Wildman–Crippen LogP) is 4.64. The molecule has 2 aromatic carbocycles. The number of ether oxygens (including phenoxy) is 1. The molecule has 0 unspecified atom stereocenters. The van der Waals surface area contributed by atoms with Crippen molar-refractivity contribution in [2.24, 2.45) is 0 Å². The first kappa shape index (κ1) is 19.9. The summed E-state index contributed by atoms with van der Waals surface area (Å²) < 4.78 is 5.27. The van der Waals surface area contributed by atoms with Crippen LogP contribution in [0.1, 0.15) is 18.4 Å². The van der Waals surface area contributed by atoms with Crippen LogP contribution in [0, 0.1) is 0 Å². The summed E-state index contributed by atoms with van der Waals surface area (Å²) in [6.07, 6.45) is 2.21. The molecule has 0 atom stereocenters. The van der Waals surface area contributed by atoms with Crippen molar-refractivity contribution in [2.75, 3.05) is 32.6 Å². The van der Waals surface area contributed by atoms with Crippen molar-refractivity contribution in [3.05, 3.63) is 59.1 Å². The molecule has 4 nitrogen and oxygen atoms in total. The Hall–Kier alpha value is -1.82. The number of benzene rings is 2. The molecule has 0 aliphatic carbocycles. The quantitative estimate of drug-likeness (QED) is 0.734. The van der Waals surface area contributed by atoms with Gasteiger partial charge in [0.05, 0.1) is 7.11 Å². The highest BCUT2D eigenvalue weighted by Crippen LogP contribution is 2.22. The second kappa shape index (κ2) is 9.40. The van der Waals surface area contributed by atoms with Gasteiger partial charge in [-0.1, -0.05) is 23.7 Å². The molecule has 0 radical (unpaired) electrons. The standard InChI is InChI=1S/C21H26ClN3OS/c1-24-13-11-19(12-14-24)25(15-16-3-9-20(26-2)10-4-16)21(27)23-18-7-5-17(22)6-8-18/h3-10,19H,11-15H2,1-2H3,(H,23,27). The monoisotopic (exact) mass is 403 g/mol.